The zero-order valence-corrected chi connectivity index (χ0v) is 16.8. The molecule has 8 nitrogen and oxygen atoms in total. The Kier molecular flexibility index (Phi) is 4.69. The Morgan fingerprint density at radius 2 is 1.97 bits per heavy atom. The van der Waals surface area contributed by atoms with Crippen molar-refractivity contribution in [2.24, 2.45) is 0 Å². The second-order valence-electron chi connectivity index (χ2n) is 7.90. The van der Waals surface area contributed by atoms with E-state index in [0.717, 1.165) is 29.8 Å². The van der Waals surface area contributed by atoms with E-state index in [1.807, 2.05) is 24.3 Å². The van der Waals surface area contributed by atoms with Gasteiger partial charge in [0.05, 0.1) is 10.9 Å². The largest absolute Gasteiger partial charge is 0.484 e. The van der Waals surface area contributed by atoms with Crippen LogP contribution < -0.4 is 10.3 Å². The summed E-state index contributed by atoms with van der Waals surface area (Å²) in [7, 11) is 0. The maximum atomic E-state index is 12.8. The Labute approximate surface area is 177 Å². The lowest BCUT2D eigenvalue weighted by Gasteiger charge is -2.34. The predicted octanol–water partition coefficient (Wildman–Crippen LogP) is 1.76. The number of amides is 1. The van der Waals surface area contributed by atoms with Gasteiger partial charge in [0.2, 0.25) is 0 Å². The normalized spacial score (nSPS) is 17.3. The van der Waals surface area contributed by atoms with Crippen molar-refractivity contribution in [1.82, 2.24) is 14.5 Å². The molecule has 1 N–H and O–H groups in total. The molecule has 3 heterocycles. The second-order valence-corrected chi connectivity index (χ2v) is 7.90. The van der Waals surface area contributed by atoms with Gasteiger partial charge in [-0.05, 0) is 35.7 Å². The van der Waals surface area contributed by atoms with E-state index in [1.54, 1.807) is 22.8 Å². The number of rotatable bonds is 4. The van der Waals surface area contributed by atoms with Crippen LogP contribution in [-0.2, 0) is 35.5 Å². The molecule has 3 aromatic rings. The van der Waals surface area contributed by atoms with Crippen molar-refractivity contribution in [2.75, 3.05) is 6.61 Å². The Balaban J connectivity index is 1.36. The summed E-state index contributed by atoms with van der Waals surface area (Å²) in [6, 6.07) is 11.6. The first-order valence-electron chi connectivity index (χ1n) is 10.3. The maximum absolute atomic E-state index is 12.8. The van der Waals surface area contributed by atoms with Gasteiger partial charge in [0.1, 0.15) is 17.6 Å². The molecule has 0 spiro atoms. The quantitative estimate of drug-likeness (QED) is 0.692. The highest BCUT2D eigenvalue weighted by molar-refractivity contribution is 5.85. The first kappa shape index (κ1) is 19.3. The molecule has 0 aliphatic carbocycles. The number of fused-ring (bicyclic) bond motifs is 3. The maximum Gasteiger partial charge on any atom is 0.326 e. The van der Waals surface area contributed by atoms with Gasteiger partial charge in [0.15, 0.2) is 6.61 Å². The summed E-state index contributed by atoms with van der Waals surface area (Å²) >= 11 is 0. The van der Waals surface area contributed by atoms with Gasteiger partial charge in [0, 0.05) is 25.9 Å². The van der Waals surface area contributed by atoms with Gasteiger partial charge >= 0.3 is 5.97 Å². The minimum atomic E-state index is -1.04. The van der Waals surface area contributed by atoms with Gasteiger partial charge in [-0.25, -0.2) is 9.78 Å². The van der Waals surface area contributed by atoms with Crippen molar-refractivity contribution in [3.63, 3.8) is 0 Å². The van der Waals surface area contributed by atoms with E-state index in [4.69, 9.17) is 4.74 Å². The minimum Gasteiger partial charge on any atom is -0.484 e. The molecule has 31 heavy (non-hydrogen) atoms. The van der Waals surface area contributed by atoms with Gasteiger partial charge in [-0.2, -0.15) is 0 Å². The molecule has 0 bridgehead atoms. The van der Waals surface area contributed by atoms with Crippen molar-refractivity contribution in [2.45, 2.75) is 38.4 Å². The van der Waals surface area contributed by atoms with Crippen molar-refractivity contribution >= 4 is 22.8 Å². The summed E-state index contributed by atoms with van der Waals surface area (Å²) in [6.07, 6.45) is 1.96. The van der Waals surface area contributed by atoms with Gasteiger partial charge < -0.3 is 14.7 Å². The predicted molar refractivity (Wildman–Crippen MR) is 112 cm³/mol. The Morgan fingerprint density at radius 3 is 2.77 bits per heavy atom. The third kappa shape index (κ3) is 3.43. The summed E-state index contributed by atoms with van der Waals surface area (Å²) in [5, 5.41) is 10.1. The molecule has 8 heteroatoms. The van der Waals surface area contributed by atoms with Crippen LogP contribution in [0, 0.1) is 0 Å². The lowest BCUT2D eigenvalue weighted by molar-refractivity contribution is -0.152. The second kappa shape index (κ2) is 7.54. The van der Waals surface area contributed by atoms with E-state index in [2.05, 4.69) is 4.98 Å². The number of hydrogen-bond donors (Lipinski definition) is 1. The van der Waals surface area contributed by atoms with Crippen LogP contribution in [0.4, 0.5) is 0 Å². The number of aryl methyl sites for hydroxylation is 1. The van der Waals surface area contributed by atoms with Gasteiger partial charge in [0.25, 0.3) is 11.5 Å². The molecule has 1 amide bonds. The van der Waals surface area contributed by atoms with Crippen molar-refractivity contribution in [1.29, 1.82) is 0 Å². The fourth-order valence-electron chi connectivity index (χ4n) is 4.39. The average molecular weight is 419 g/mol. The zero-order valence-electron chi connectivity index (χ0n) is 16.8. The average Bonchev–Trinajstić information content (AvgIpc) is 3.25. The van der Waals surface area contributed by atoms with Crippen LogP contribution in [-0.4, -0.2) is 44.1 Å². The monoisotopic (exact) mass is 419 g/mol. The Bertz CT molecular complexity index is 1270. The molecular formula is C23H21N3O5. The zero-order chi connectivity index (χ0) is 21.5. The molecule has 0 radical (unpaired) electrons. The van der Waals surface area contributed by atoms with Gasteiger partial charge in [-0.15, -0.1) is 0 Å². The molecule has 0 saturated carbocycles. The molecule has 158 valence electrons. The minimum absolute atomic E-state index is 0.104. The Morgan fingerprint density at radius 1 is 1.16 bits per heavy atom. The molecule has 1 aromatic heterocycles. The lowest BCUT2D eigenvalue weighted by Crippen LogP contribution is -2.50. The van der Waals surface area contributed by atoms with E-state index in [-0.39, 0.29) is 25.1 Å². The molecule has 0 unspecified atom stereocenters. The number of carboxylic acid groups (broad SMARTS) is 1. The third-order valence-electron chi connectivity index (χ3n) is 6.00. The molecule has 0 saturated heterocycles. The standard InChI is InChI=1S/C23H21N3O5/c27-21(26-12-15-5-2-1-4-14(15)10-19(26)23(29)30)13-31-16-7-8-18-17(11-16)22(28)25-9-3-6-20(25)24-18/h1-2,4-5,7-8,11,19H,3,6,9-10,12-13H2,(H,29,30)/t19-/m0/s1. The molecule has 2 aliphatic rings. The molecule has 0 fully saturated rings. The summed E-state index contributed by atoms with van der Waals surface area (Å²) in [5.41, 5.74) is 2.38. The third-order valence-corrected chi connectivity index (χ3v) is 6.00. The molecule has 2 aromatic carbocycles. The van der Waals surface area contributed by atoms with Crippen LogP contribution in [0.2, 0.25) is 0 Å². The SMILES string of the molecule is O=C(O)[C@@H]1Cc2ccccc2CN1C(=O)COc1ccc2nc3n(c(=O)c2c1)CCC3. The van der Waals surface area contributed by atoms with Crippen LogP contribution >= 0.6 is 0 Å². The summed E-state index contributed by atoms with van der Waals surface area (Å²) in [5.74, 6) is -0.277. The summed E-state index contributed by atoms with van der Waals surface area (Å²) in [4.78, 5) is 43.2. The molecule has 1 atom stereocenters. The van der Waals surface area contributed by atoms with Crippen molar-refractivity contribution in [3.05, 3.63) is 69.8 Å². The van der Waals surface area contributed by atoms with Crippen LogP contribution in [0.15, 0.2) is 47.3 Å². The van der Waals surface area contributed by atoms with E-state index in [1.165, 1.54) is 4.90 Å². The Hall–Kier alpha value is -3.68. The van der Waals surface area contributed by atoms with E-state index >= 15 is 0 Å². The lowest BCUT2D eigenvalue weighted by atomic mass is 9.94. The van der Waals surface area contributed by atoms with E-state index in [0.29, 0.717) is 23.2 Å². The number of hydrogen-bond acceptors (Lipinski definition) is 5. The van der Waals surface area contributed by atoms with Gasteiger partial charge in [-0.3, -0.25) is 14.2 Å². The highest BCUT2D eigenvalue weighted by Crippen LogP contribution is 2.24. The number of carbonyl (C=O) groups is 2. The summed E-state index contributed by atoms with van der Waals surface area (Å²) in [6.45, 7) is 0.579. The number of aromatic nitrogens is 2. The fourth-order valence-corrected chi connectivity index (χ4v) is 4.39. The highest BCUT2D eigenvalue weighted by Gasteiger charge is 2.34. The fraction of sp³-hybridized carbons (Fsp3) is 0.304. The number of aliphatic carboxylic acids is 1. The van der Waals surface area contributed by atoms with Crippen LogP contribution in [0.5, 0.6) is 5.75 Å². The number of ether oxygens (including phenoxy) is 1. The number of carbonyl (C=O) groups excluding carboxylic acids is 1. The molecular weight excluding hydrogens is 398 g/mol. The van der Waals surface area contributed by atoms with Crippen molar-refractivity contribution < 1.29 is 19.4 Å². The highest BCUT2D eigenvalue weighted by atomic mass is 16.5. The van der Waals surface area contributed by atoms with E-state index < -0.39 is 17.9 Å². The number of nitrogens with zero attached hydrogens (tertiary/aromatic N) is 3. The van der Waals surface area contributed by atoms with Crippen molar-refractivity contribution in [3.8, 4) is 5.75 Å². The number of carboxylic acids is 1. The first-order valence-corrected chi connectivity index (χ1v) is 10.3. The van der Waals surface area contributed by atoms with Crippen LogP contribution in [0.3, 0.4) is 0 Å². The topological polar surface area (TPSA) is 102 Å². The van der Waals surface area contributed by atoms with E-state index in [9.17, 15) is 19.5 Å². The smallest absolute Gasteiger partial charge is 0.326 e. The first-order chi connectivity index (χ1) is 15.0. The van der Waals surface area contributed by atoms with Gasteiger partial charge in [-0.1, -0.05) is 24.3 Å². The molecule has 2 aliphatic heterocycles. The molecule has 5 rings (SSSR count). The van der Waals surface area contributed by atoms with Crippen LogP contribution in [0.1, 0.15) is 23.4 Å². The van der Waals surface area contributed by atoms with Crippen LogP contribution in [0.25, 0.3) is 10.9 Å². The summed E-state index contributed by atoms with van der Waals surface area (Å²) < 4.78 is 7.34. The number of benzene rings is 2.